The molecule has 0 aliphatic heterocycles. The van der Waals surface area contributed by atoms with Crippen molar-refractivity contribution in [3.63, 3.8) is 0 Å². The molecule has 0 amide bonds. The Morgan fingerprint density at radius 1 is 0.824 bits per heavy atom. The Bertz CT molecular complexity index is 693. The average Bonchev–Trinajstić information content (AvgIpc) is 2.38. The summed E-state index contributed by atoms with van der Waals surface area (Å²) in [5.74, 6) is 0. The largest absolute Gasteiger partial charge is 0.0616 e. The Labute approximate surface area is 102 Å². The first-order valence-corrected chi connectivity index (χ1v) is 6.20. The van der Waals surface area contributed by atoms with Crippen molar-refractivity contribution >= 4 is 21.5 Å². The van der Waals surface area contributed by atoms with E-state index >= 15 is 0 Å². The summed E-state index contributed by atoms with van der Waals surface area (Å²) in [6.07, 6.45) is 1.09. The number of hydrogen-bond acceptors (Lipinski definition) is 0. The summed E-state index contributed by atoms with van der Waals surface area (Å²) in [6.45, 7) is 4.41. The summed E-state index contributed by atoms with van der Waals surface area (Å²) in [7, 11) is 0. The van der Waals surface area contributed by atoms with Gasteiger partial charge in [-0.1, -0.05) is 43.3 Å². The van der Waals surface area contributed by atoms with E-state index < -0.39 is 0 Å². The lowest BCUT2D eigenvalue weighted by Gasteiger charge is -2.09. The second-order valence-corrected chi connectivity index (χ2v) is 4.64. The molecule has 0 heterocycles. The van der Waals surface area contributed by atoms with E-state index in [2.05, 4.69) is 62.4 Å². The van der Waals surface area contributed by atoms with Gasteiger partial charge in [-0.05, 0) is 58.1 Å². The summed E-state index contributed by atoms with van der Waals surface area (Å²) < 4.78 is 0. The Kier molecular flexibility index (Phi) is 2.36. The fourth-order valence-corrected chi connectivity index (χ4v) is 2.55. The smallest absolute Gasteiger partial charge is 0.0143 e. The lowest BCUT2D eigenvalue weighted by Crippen LogP contribution is -1.87. The van der Waals surface area contributed by atoms with Gasteiger partial charge in [0.1, 0.15) is 0 Å². The first-order valence-electron chi connectivity index (χ1n) is 6.20. The first-order chi connectivity index (χ1) is 8.29. The van der Waals surface area contributed by atoms with Gasteiger partial charge in [-0.15, -0.1) is 0 Å². The summed E-state index contributed by atoms with van der Waals surface area (Å²) in [5.41, 5.74) is 2.80. The summed E-state index contributed by atoms with van der Waals surface area (Å²) >= 11 is 0. The van der Waals surface area contributed by atoms with Crippen molar-refractivity contribution in [1.82, 2.24) is 0 Å². The molecular formula is C17H16. The van der Waals surface area contributed by atoms with Crippen molar-refractivity contribution in [3.05, 3.63) is 59.7 Å². The van der Waals surface area contributed by atoms with Gasteiger partial charge in [0.2, 0.25) is 0 Å². The van der Waals surface area contributed by atoms with Crippen LogP contribution < -0.4 is 0 Å². The van der Waals surface area contributed by atoms with E-state index in [4.69, 9.17) is 0 Å². The van der Waals surface area contributed by atoms with Crippen molar-refractivity contribution in [2.45, 2.75) is 20.3 Å². The molecule has 3 aromatic rings. The van der Waals surface area contributed by atoms with Crippen LogP contribution in [0.1, 0.15) is 18.1 Å². The van der Waals surface area contributed by atoms with Crippen LogP contribution in [0.25, 0.3) is 21.5 Å². The molecular weight excluding hydrogens is 204 g/mol. The molecule has 3 aromatic carbocycles. The molecule has 0 saturated carbocycles. The third kappa shape index (κ3) is 1.61. The number of rotatable bonds is 1. The molecule has 0 unspecified atom stereocenters. The number of benzene rings is 3. The minimum absolute atomic E-state index is 1.09. The van der Waals surface area contributed by atoms with Gasteiger partial charge in [-0.2, -0.15) is 0 Å². The quantitative estimate of drug-likeness (QED) is 0.513. The molecule has 0 atom stereocenters. The van der Waals surface area contributed by atoms with Crippen molar-refractivity contribution in [1.29, 1.82) is 0 Å². The minimum atomic E-state index is 1.09. The zero-order valence-corrected chi connectivity index (χ0v) is 10.3. The van der Waals surface area contributed by atoms with Crippen molar-refractivity contribution in [3.8, 4) is 0 Å². The molecule has 0 aromatic heterocycles. The summed E-state index contributed by atoms with van der Waals surface area (Å²) in [5, 5.41) is 5.46. The van der Waals surface area contributed by atoms with Crippen LogP contribution in [-0.2, 0) is 6.42 Å². The highest BCUT2D eigenvalue weighted by atomic mass is 14.1. The molecule has 0 fully saturated rings. The Hall–Kier alpha value is -1.82. The third-order valence-corrected chi connectivity index (χ3v) is 3.57. The second-order valence-electron chi connectivity index (χ2n) is 4.64. The highest BCUT2D eigenvalue weighted by molar-refractivity contribution is 6.00. The Morgan fingerprint density at radius 3 is 2.12 bits per heavy atom. The normalized spacial score (nSPS) is 11.2. The Morgan fingerprint density at radius 2 is 1.47 bits per heavy atom. The maximum atomic E-state index is 2.33. The standard InChI is InChI=1S/C17H16/c1-3-13-9-8-12(2)16-10-14-6-4-5-7-15(14)11-17(13)16/h4-11H,3H2,1-2H3. The molecule has 0 nitrogen and oxygen atoms in total. The molecule has 0 saturated heterocycles. The van der Waals surface area contributed by atoms with Crippen LogP contribution in [0.2, 0.25) is 0 Å². The highest BCUT2D eigenvalue weighted by Gasteiger charge is 2.04. The maximum Gasteiger partial charge on any atom is -0.0143 e. The molecule has 0 N–H and O–H groups in total. The first kappa shape index (κ1) is 10.3. The van der Waals surface area contributed by atoms with Gasteiger partial charge in [-0.3, -0.25) is 0 Å². The Balaban J connectivity index is 2.50. The monoisotopic (exact) mass is 220 g/mol. The van der Waals surface area contributed by atoms with Gasteiger partial charge in [0.25, 0.3) is 0 Å². The molecule has 0 radical (unpaired) electrons. The van der Waals surface area contributed by atoms with Crippen molar-refractivity contribution in [2.24, 2.45) is 0 Å². The lowest BCUT2D eigenvalue weighted by atomic mass is 9.95. The van der Waals surface area contributed by atoms with Crippen molar-refractivity contribution < 1.29 is 0 Å². The fraction of sp³-hybridized carbons (Fsp3) is 0.176. The molecule has 0 aliphatic carbocycles. The van der Waals surface area contributed by atoms with Crippen LogP contribution in [0.4, 0.5) is 0 Å². The second kappa shape index (κ2) is 3.89. The topological polar surface area (TPSA) is 0 Å². The molecule has 0 aliphatic rings. The summed E-state index contributed by atoms with van der Waals surface area (Å²) in [6, 6.07) is 17.7. The fourth-order valence-electron chi connectivity index (χ4n) is 2.55. The summed E-state index contributed by atoms with van der Waals surface area (Å²) in [4.78, 5) is 0. The van der Waals surface area contributed by atoms with E-state index in [1.807, 2.05) is 0 Å². The zero-order chi connectivity index (χ0) is 11.8. The van der Waals surface area contributed by atoms with Gasteiger partial charge < -0.3 is 0 Å². The zero-order valence-electron chi connectivity index (χ0n) is 10.3. The number of hydrogen-bond donors (Lipinski definition) is 0. The van der Waals surface area contributed by atoms with E-state index in [9.17, 15) is 0 Å². The predicted octanol–water partition coefficient (Wildman–Crippen LogP) is 4.86. The van der Waals surface area contributed by atoms with E-state index in [1.165, 1.54) is 32.7 Å². The van der Waals surface area contributed by atoms with E-state index in [1.54, 1.807) is 0 Å². The molecule has 84 valence electrons. The SMILES string of the molecule is CCc1ccc(C)c2cc3ccccc3cc12. The average molecular weight is 220 g/mol. The molecule has 0 bridgehead atoms. The van der Waals surface area contributed by atoms with Gasteiger partial charge in [-0.25, -0.2) is 0 Å². The van der Waals surface area contributed by atoms with Crippen LogP contribution >= 0.6 is 0 Å². The molecule has 3 rings (SSSR count). The van der Waals surface area contributed by atoms with Gasteiger partial charge in [0.05, 0.1) is 0 Å². The molecule has 0 heteroatoms. The lowest BCUT2D eigenvalue weighted by molar-refractivity contribution is 1.16. The number of aryl methyl sites for hydroxylation is 2. The third-order valence-electron chi connectivity index (χ3n) is 3.57. The van der Waals surface area contributed by atoms with E-state index in [-0.39, 0.29) is 0 Å². The van der Waals surface area contributed by atoms with E-state index in [0.717, 1.165) is 6.42 Å². The minimum Gasteiger partial charge on any atom is -0.0616 e. The number of fused-ring (bicyclic) bond motifs is 2. The van der Waals surface area contributed by atoms with Gasteiger partial charge in [0.15, 0.2) is 0 Å². The molecule has 0 spiro atoms. The van der Waals surface area contributed by atoms with Gasteiger partial charge >= 0.3 is 0 Å². The van der Waals surface area contributed by atoms with Crippen LogP contribution in [0.5, 0.6) is 0 Å². The van der Waals surface area contributed by atoms with Gasteiger partial charge in [0, 0.05) is 0 Å². The van der Waals surface area contributed by atoms with Crippen molar-refractivity contribution in [2.75, 3.05) is 0 Å². The molecule has 17 heavy (non-hydrogen) atoms. The van der Waals surface area contributed by atoms with E-state index in [0.29, 0.717) is 0 Å². The van der Waals surface area contributed by atoms with Crippen LogP contribution in [-0.4, -0.2) is 0 Å². The maximum absolute atomic E-state index is 2.33. The van der Waals surface area contributed by atoms with Crippen LogP contribution in [0, 0.1) is 6.92 Å². The highest BCUT2D eigenvalue weighted by Crippen LogP contribution is 2.28. The van der Waals surface area contributed by atoms with Crippen LogP contribution in [0.15, 0.2) is 48.5 Å². The van der Waals surface area contributed by atoms with Crippen LogP contribution in [0.3, 0.4) is 0 Å². The predicted molar refractivity (Wildman–Crippen MR) is 75.6 cm³/mol.